The van der Waals surface area contributed by atoms with E-state index in [9.17, 15) is 9.59 Å². The van der Waals surface area contributed by atoms with Gasteiger partial charge in [-0.05, 0) is 43.5 Å². The van der Waals surface area contributed by atoms with E-state index in [1.807, 2.05) is 26.0 Å². The molecule has 0 aliphatic heterocycles. The predicted octanol–water partition coefficient (Wildman–Crippen LogP) is 3.24. The third-order valence-corrected chi connectivity index (χ3v) is 5.13. The van der Waals surface area contributed by atoms with E-state index in [1.54, 1.807) is 12.1 Å². The highest BCUT2D eigenvalue weighted by Gasteiger charge is 2.14. The van der Waals surface area contributed by atoms with Crippen molar-refractivity contribution in [2.45, 2.75) is 33.7 Å². The third-order valence-electron chi connectivity index (χ3n) is 4.02. The van der Waals surface area contributed by atoms with Crippen molar-refractivity contribution in [3.05, 3.63) is 57.0 Å². The van der Waals surface area contributed by atoms with Crippen LogP contribution in [0.3, 0.4) is 0 Å². The second kappa shape index (κ2) is 6.57. The number of nitrogens with zero attached hydrogens (tertiary/aromatic N) is 2. The van der Waals surface area contributed by atoms with Crippen molar-refractivity contribution in [1.82, 2.24) is 9.55 Å². The van der Waals surface area contributed by atoms with Crippen LogP contribution in [0, 0.1) is 13.8 Å². The number of thiophene rings is 1. The number of benzene rings is 1. The molecule has 0 radical (unpaired) electrons. The van der Waals surface area contributed by atoms with Gasteiger partial charge in [-0.2, -0.15) is 0 Å². The van der Waals surface area contributed by atoms with Gasteiger partial charge in [0, 0.05) is 4.88 Å². The molecule has 2 heterocycles. The summed E-state index contributed by atoms with van der Waals surface area (Å²) >= 11 is 1.49. The molecule has 24 heavy (non-hydrogen) atoms. The van der Waals surface area contributed by atoms with Crippen LogP contribution in [0.2, 0.25) is 0 Å². The van der Waals surface area contributed by atoms with E-state index >= 15 is 0 Å². The third kappa shape index (κ3) is 3.10. The lowest BCUT2D eigenvalue weighted by Crippen LogP contribution is -2.26. The number of aryl methyl sites for hydroxylation is 3. The van der Waals surface area contributed by atoms with Gasteiger partial charge in [-0.15, -0.1) is 11.3 Å². The molecular formula is C18H18N2O3S. The van der Waals surface area contributed by atoms with E-state index < -0.39 is 5.97 Å². The van der Waals surface area contributed by atoms with E-state index in [-0.39, 0.29) is 12.1 Å². The van der Waals surface area contributed by atoms with Crippen molar-refractivity contribution in [2.75, 3.05) is 0 Å². The molecule has 0 aliphatic rings. The maximum Gasteiger partial charge on any atom is 0.331 e. The first-order valence-corrected chi connectivity index (χ1v) is 8.56. The highest BCUT2D eigenvalue weighted by atomic mass is 32.1. The molecule has 0 bridgehead atoms. The molecule has 0 amide bonds. The Morgan fingerprint density at radius 2 is 1.96 bits per heavy atom. The quantitative estimate of drug-likeness (QED) is 0.539. The summed E-state index contributed by atoms with van der Waals surface area (Å²) < 4.78 is 6.59. The molecule has 0 aliphatic carbocycles. The van der Waals surface area contributed by atoms with Gasteiger partial charge < -0.3 is 4.74 Å². The van der Waals surface area contributed by atoms with Gasteiger partial charge in [0.25, 0.3) is 5.56 Å². The smallest absolute Gasteiger partial charge is 0.331 e. The van der Waals surface area contributed by atoms with Crippen molar-refractivity contribution in [1.29, 1.82) is 0 Å². The van der Waals surface area contributed by atoms with Crippen LogP contribution in [0.5, 0.6) is 5.75 Å². The Bertz CT molecular complexity index is 955. The van der Waals surface area contributed by atoms with Crippen LogP contribution >= 0.6 is 11.3 Å². The zero-order valence-corrected chi connectivity index (χ0v) is 14.6. The molecular weight excluding hydrogens is 324 g/mol. The standard InChI is InChI=1S/C18H18N2O3S/c1-4-13-5-7-14(8-6-13)23-15(21)9-20-10-19-17-16(18(20)22)11(2)12(3)24-17/h5-8,10H,4,9H2,1-3H3. The molecule has 0 atom stereocenters. The Balaban J connectivity index is 1.81. The molecule has 3 rings (SSSR count). The second-order valence-electron chi connectivity index (χ2n) is 5.61. The van der Waals surface area contributed by atoms with Crippen LogP contribution in [-0.4, -0.2) is 15.5 Å². The Kier molecular flexibility index (Phi) is 4.49. The number of carbonyl (C=O) groups is 1. The summed E-state index contributed by atoms with van der Waals surface area (Å²) in [5.74, 6) is -0.0195. The molecule has 0 saturated heterocycles. The Morgan fingerprint density at radius 3 is 2.62 bits per heavy atom. The molecule has 0 spiro atoms. The van der Waals surface area contributed by atoms with Gasteiger partial charge >= 0.3 is 5.97 Å². The lowest BCUT2D eigenvalue weighted by atomic mass is 10.2. The van der Waals surface area contributed by atoms with Crippen molar-refractivity contribution in [3.8, 4) is 5.75 Å². The van der Waals surface area contributed by atoms with E-state index in [4.69, 9.17) is 4.74 Å². The largest absolute Gasteiger partial charge is 0.425 e. The molecule has 5 nitrogen and oxygen atoms in total. The lowest BCUT2D eigenvalue weighted by Gasteiger charge is -2.07. The molecule has 6 heteroatoms. The van der Waals surface area contributed by atoms with Gasteiger partial charge in [-0.3, -0.25) is 9.36 Å². The van der Waals surface area contributed by atoms with Crippen LogP contribution < -0.4 is 10.3 Å². The van der Waals surface area contributed by atoms with E-state index in [2.05, 4.69) is 11.9 Å². The summed E-state index contributed by atoms with van der Waals surface area (Å²) in [6.07, 6.45) is 2.33. The fraction of sp³-hybridized carbons (Fsp3) is 0.278. The number of hydrogen-bond acceptors (Lipinski definition) is 5. The predicted molar refractivity (Wildman–Crippen MR) is 94.8 cm³/mol. The normalized spacial score (nSPS) is 11.0. The van der Waals surface area contributed by atoms with Crippen LogP contribution in [0.4, 0.5) is 0 Å². The molecule has 2 aromatic heterocycles. The van der Waals surface area contributed by atoms with Crippen molar-refractivity contribution < 1.29 is 9.53 Å². The number of esters is 1. The zero-order chi connectivity index (χ0) is 17.3. The first-order chi connectivity index (χ1) is 11.5. The van der Waals surface area contributed by atoms with Gasteiger partial charge in [0.15, 0.2) is 0 Å². The van der Waals surface area contributed by atoms with Gasteiger partial charge in [-0.25, -0.2) is 9.78 Å². The van der Waals surface area contributed by atoms with Crippen molar-refractivity contribution >= 4 is 27.5 Å². The Hall–Kier alpha value is -2.47. The highest BCUT2D eigenvalue weighted by Crippen LogP contribution is 2.25. The van der Waals surface area contributed by atoms with E-state index in [0.29, 0.717) is 16.0 Å². The van der Waals surface area contributed by atoms with Gasteiger partial charge in [-0.1, -0.05) is 19.1 Å². The monoisotopic (exact) mass is 342 g/mol. The topological polar surface area (TPSA) is 61.2 Å². The number of hydrogen-bond donors (Lipinski definition) is 0. The fourth-order valence-electron chi connectivity index (χ4n) is 2.48. The maximum absolute atomic E-state index is 12.6. The minimum absolute atomic E-state index is 0.161. The van der Waals surface area contributed by atoms with Crippen LogP contribution in [-0.2, 0) is 17.8 Å². The minimum Gasteiger partial charge on any atom is -0.425 e. The first-order valence-electron chi connectivity index (χ1n) is 7.74. The summed E-state index contributed by atoms with van der Waals surface area (Å²) in [7, 11) is 0. The summed E-state index contributed by atoms with van der Waals surface area (Å²) in [6, 6.07) is 7.35. The number of ether oxygens (including phenoxy) is 1. The molecule has 0 fully saturated rings. The zero-order valence-electron chi connectivity index (χ0n) is 13.8. The molecule has 1 aromatic carbocycles. The number of carbonyl (C=O) groups excluding carboxylic acids is 1. The Labute approximate surface area is 143 Å². The van der Waals surface area contributed by atoms with Crippen LogP contribution in [0.1, 0.15) is 22.9 Å². The van der Waals surface area contributed by atoms with Crippen LogP contribution in [0.15, 0.2) is 35.4 Å². The molecule has 0 saturated carbocycles. The van der Waals surface area contributed by atoms with E-state index in [0.717, 1.165) is 16.9 Å². The minimum atomic E-state index is -0.493. The molecule has 0 N–H and O–H groups in total. The Morgan fingerprint density at radius 1 is 1.25 bits per heavy atom. The van der Waals surface area contributed by atoms with Crippen LogP contribution in [0.25, 0.3) is 10.2 Å². The van der Waals surface area contributed by atoms with Crippen molar-refractivity contribution in [2.24, 2.45) is 0 Å². The molecule has 124 valence electrons. The number of rotatable bonds is 4. The fourth-order valence-corrected chi connectivity index (χ4v) is 3.47. The van der Waals surface area contributed by atoms with E-state index in [1.165, 1.54) is 27.8 Å². The lowest BCUT2D eigenvalue weighted by molar-refractivity contribution is -0.135. The van der Waals surface area contributed by atoms with Gasteiger partial charge in [0.05, 0.1) is 11.7 Å². The second-order valence-corrected chi connectivity index (χ2v) is 6.82. The average molecular weight is 342 g/mol. The summed E-state index contributed by atoms with van der Waals surface area (Å²) in [4.78, 5) is 30.7. The summed E-state index contributed by atoms with van der Waals surface area (Å²) in [5, 5.41) is 0.583. The SMILES string of the molecule is CCc1ccc(OC(=O)Cn2cnc3sc(C)c(C)c3c2=O)cc1. The first kappa shape index (κ1) is 16.4. The average Bonchev–Trinajstić information content (AvgIpc) is 2.86. The molecule has 0 unspecified atom stereocenters. The van der Waals surface area contributed by atoms with Gasteiger partial charge in [0.2, 0.25) is 0 Å². The highest BCUT2D eigenvalue weighted by molar-refractivity contribution is 7.18. The molecule has 3 aromatic rings. The van der Waals surface area contributed by atoms with Crippen molar-refractivity contribution in [3.63, 3.8) is 0 Å². The summed E-state index contributed by atoms with van der Waals surface area (Å²) in [5.41, 5.74) is 1.88. The maximum atomic E-state index is 12.6. The number of aromatic nitrogens is 2. The summed E-state index contributed by atoms with van der Waals surface area (Å²) in [6.45, 7) is 5.76. The van der Waals surface area contributed by atoms with Gasteiger partial charge in [0.1, 0.15) is 17.1 Å². The number of fused-ring (bicyclic) bond motifs is 1.